The summed E-state index contributed by atoms with van der Waals surface area (Å²) in [5.41, 5.74) is 3.18. The molecule has 0 saturated carbocycles. The summed E-state index contributed by atoms with van der Waals surface area (Å²) in [6.45, 7) is 6.12. The van der Waals surface area contributed by atoms with E-state index in [2.05, 4.69) is 48.3 Å². The van der Waals surface area contributed by atoms with E-state index in [1.807, 2.05) is 13.8 Å². The van der Waals surface area contributed by atoms with Crippen LogP contribution in [0.1, 0.15) is 27.9 Å². The Morgan fingerprint density at radius 2 is 1.74 bits per heavy atom. The normalized spacial score (nSPS) is 10.7. The van der Waals surface area contributed by atoms with E-state index >= 15 is 0 Å². The molecule has 2 heterocycles. The lowest BCUT2D eigenvalue weighted by atomic mass is 10.1. The van der Waals surface area contributed by atoms with E-state index in [1.54, 1.807) is 11.3 Å². The van der Waals surface area contributed by atoms with Gasteiger partial charge in [-0.3, -0.25) is 0 Å². The van der Waals surface area contributed by atoms with Crippen molar-refractivity contribution in [2.45, 2.75) is 20.8 Å². The molecule has 0 spiro atoms. The van der Waals surface area contributed by atoms with E-state index in [-0.39, 0.29) is 5.97 Å². The fourth-order valence-corrected chi connectivity index (χ4v) is 4.24. The summed E-state index contributed by atoms with van der Waals surface area (Å²) in [6, 6.07) is 12.6. The van der Waals surface area contributed by atoms with Crippen molar-refractivity contribution in [3.05, 3.63) is 52.5 Å². The van der Waals surface area contributed by atoms with Gasteiger partial charge in [0.25, 0.3) is 0 Å². The van der Waals surface area contributed by atoms with Crippen LogP contribution in [0.15, 0.2) is 36.4 Å². The van der Waals surface area contributed by atoms with Crippen LogP contribution >= 0.6 is 22.7 Å². The summed E-state index contributed by atoms with van der Waals surface area (Å²) in [6.07, 6.45) is 0. The van der Waals surface area contributed by atoms with Gasteiger partial charge in [0.05, 0.1) is 17.2 Å². The van der Waals surface area contributed by atoms with Gasteiger partial charge in [0.2, 0.25) is 0 Å². The van der Waals surface area contributed by atoms with E-state index < -0.39 is 0 Å². The maximum absolute atomic E-state index is 11.9. The first kappa shape index (κ1) is 15.9. The highest BCUT2D eigenvalue weighted by Gasteiger charge is 2.18. The minimum Gasteiger partial charge on any atom is -0.462 e. The molecular formula is C18H17NO2S2. The average molecular weight is 343 g/mol. The molecule has 0 radical (unpaired) electrons. The first-order chi connectivity index (χ1) is 11.1. The number of benzene rings is 1. The van der Waals surface area contributed by atoms with Crippen molar-refractivity contribution in [3.63, 3.8) is 0 Å². The summed E-state index contributed by atoms with van der Waals surface area (Å²) >= 11 is 3.08. The Hall–Kier alpha value is -1.98. The summed E-state index contributed by atoms with van der Waals surface area (Å²) in [5, 5.41) is 0.869. The van der Waals surface area contributed by atoms with Crippen molar-refractivity contribution in [2.24, 2.45) is 0 Å². The largest absolute Gasteiger partial charge is 0.462 e. The Kier molecular flexibility index (Phi) is 4.59. The second kappa shape index (κ2) is 6.64. The molecule has 0 saturated heterocycles. The standard InChI is InChI=1S/C18H17NO2S2/c1-4-21-18(20)16-12(3)19-17(23-16)15-10-9-14(22-15)13-7-5-11(2)6-8-13/h5-10H,4H2,1-3H3. The quantitative estimate of drug-likeness (QED) is 0.601. The Morgan fingerprint density at radius 1 is 1.04 bits per heavy atom. The number of rotatable bonds is 4. The molecule has 2 aromatic heterocycles. The highest BCUT2D eigenvalue weighted by atomic mass is 32.1. The van der Waals surface area contributed by atoms with Gasteiger partial charge in [-0.1, -0.05) is 29.8 Å². The van der Waals surface area contributed by atoms with E-state index in [1.165, 1.54) is 27.3 Å². The van der Waals surface area contributed by atoms with E-state index in [4.69, 9.17) is 4.74 Å². The molecule has 0 aliphatic rings. The second-order valence-corrected chi connectivity index (χ2v) is 7.27. The van der Waals surface area contributed by atoms with Gasteiger partial charge in [-0.25, -0.2) is 9.78 Å². The Balaban J connectivity index is 1.90. The predicted octanol–water partition coefficient (Wildman–Crippen LogP) is 5.33. The SMILES string of the molecule is CCOC(=O)c1sc(-c2ccc(-c3ccc(C)cc3)s2)nc1C. The molecule has 0 bridgehead atoms. The van der Waals surface area contributed by atoms with Crippen LogP contribution in [0.3, 0.4) is 0 Å². The third-order valence-corrected chi connectivity index (χ3v) is 5.85. The molecule has 118 valence electrons. The average Bonchev–Trinajstić information content (AvgIpc) is 3.15. The molecule has 3 nitrogen and oxygen atoms in total. The van der Waals surface area contributed by atoms with Gasteiger partial charge < -0.3 is 4.74 Å². The number of aromatic nitrogens is 1. The predicted molar refractivity (Wildman–Crippen MR) is 96.3 cm³/mol. The summed E-state index contributed by atoms with van der Waals surface area (Å²) in [5.74, 6) is -0.288. The van der Waals surface area contributed by atoms with Crippen molar-refractivity contribution < 1.29 is 9.53 Å². The third-order valence-electron chi connectivity index (χ3n) is 3.41. The molecule has 0 unspecified atom stereocenters. The highest BCUT2D eigenvalue weighted by molar-refractivity contribution is 7.24. The van der Waals surface area contributed by atoms with Crippen LogP contribution in [-0.4, -0.2) is 17.6 Å². The van der Waals surface area contributed by atoms with E-state index in [0.29, 0.717) is 11.5 Å². The molecule has 23 heavy (non-hydrogen) atoms. The third kappa shape index (κ3) is 3.35. The second-order valence-electron chi connectivity index (χ2n) is 5.18. The molecule has 0 fully saturated rings. The minimum atomic E-state index is -0.288. The van der Waals surface area contributed by atoms with E-state index in [9.17, 15) is 4.79 Å². The maximum atomic E-state index is 11.9. The first-order valence-electron chi connectivity index (χ1n) is 7.40. The number of nitrogens with zero attached hydrogens (tertiary/aromatic N) is 1. The van der Waals surface area contributed by atoms with Crippen LogP contribution in [-0.2, 0) is 4.74 Å². The molecule has 5 heteroatoms. The number of hydrogen-bond donors (Lipinski definition) is 0. The van der Waals surface area contributed by atoms with E-state index in [0.717, 1.165) is 15.6 Å². The summed E-state index contributed by atoms with van der Waals surface area (Å²) < 4.78 is 5.08. The number of thiophene rings is 1. The number of hydrogen-bond acceptors (Lipinski definition) is 5. The van der Waals surface area contributed by atoms with Gasteiger partial charge in [0, 0.05) is 4.88 Å². The number of esters is 1. The zero-order valence-corrected chi connectivity index (χ0v) is 14.9. The van der Waals surface area contributed by atoms with Crippen LogP contribution in [0.5, 0.6) is 0 Å². The van der Waals surface area contributed by atoms with Gasteiger partial charge in [0.1, 0.15) is 9.88 Å². The van der Waals surface area contributed by atoms with Gasteiger partial charge >= 0.3 is 5.97 Å². The van der Waals surface area contributed by atoms with Gasteiger partial charge in [-0.2, -0.15) is 0 Å². The van der Waals surface area contributed by atoms with Crippen molar-refractivity contribution in [1.29, 1.82) is 0 Å². The van der Waals surface area contributed by atoms with Crippen molar-refractivity contribution in [3.8, 4) is 20.3 Å². The fourth-order valence-electron chi connectivity index (χ4n) is 2.21. The molecule has 3 rings (SSSR count). The topological polar surface area (TPSA) is 39.2 Å². The number of thiazole rings is 1. The van der Waals surface area contributed by atoms with Crippen molar-refractivity contribution in [2.75, 3.05) is 6.61 Å². The van der Waals surface area contributed by atoms with Crippen LogP contribution in [0, 0.1) is 13.8 Å². The number of carbonyl (C=O) groups is 1. The van der Waals surface area contributed by atoms with Crippen LogP contribution in [0.25, 0.3) is 20.3 Å². The maximum Gasteiger partial charge on any atom is 0.350 e. The molecule has 0 aliphatic carbocycles. The smallest absolute Gasteiger partial charge is 0.350 e. The van der Waals surface area contributed by atoms with Gasteiger partial charge in [-0.05, 0) is 38.5 Å². The first-order valence-corrected chi connectivity index (χ1v) is 9.03. The molecule has 0 aliphatic heterocycles. The Labute approximate surface area is 143 Å². The number of carbonyl (C=O) groups excluding carboxylic acids is 1. The Bertz CT molecular complexity index is 831. The summed E-state index contributed by atoms with van der Waals surface area (Å²) in [4.78, 5) is 19.3. The lowest BCUT2D eigenvalue weighted by molar-refractivity contribution is 0.0531. The highest BCUT2D eigenvalue weighted by Crippen LogP contribution is 2.37. The monoisotopic (exact) mass is 343 g/mol. The van der Waals surface area contributed by atoms with Crippen LogP contribution in [0.2, 0.25) is 0 Å². The van der Waals surface area contributed by atoms with Gasteiger partial charge in [-0.15, -0.1) is 22.7 Å². The minimum absolute atomic E-state index is 0.288. The lowest BCUT2D eigenvalue weighted by Crippen LogP contribution is -2.03. The zero-order valence-electron chi connectivity index (χ0n) is 13.3. The molecule has 0 N–H and O–H groups in total. The molecule has 0 atom stereocenters. The molecule has 3 aromatic rings. The molecule has 1 aromatic carbocycles. The fraction of sp³-hybridized carbons (Fsp3) is 0.222. The Morgan fingerprint density at radius 3 is 2.43 bits per heavy atom. The van der Waals surface area contributed by atoms with Crippen LogP contribution in [0.4, 0.5) is 0 Å². The number of ether oxygens (including phenoxy) is 1. The summed E-state index contributed by atoms with van der Waals surface area (Å²) in [7, 11) is 0. The molecular weight excluding hydrogens is 326 g/mol. The van der Waals surface area contributed by atoms with Crippen molar-refractivity contribution >= 4 is 28.6 Å². The van der Waals surface area contributed by atoms with Crippen molar-refractivity contribution in [1.82, 2.24) is 4.98 Å². The van der Waals surface area contributed by atoms with Crippen LogP contribution < -0.4 is 0 Å². The zero-order chi connectivity index (χ0) is 16.4. The molecule has 0 amide bonds. The lowest BCUT2D eigenvalue weighted by Gasteiger charge is -1.97. The number of aryl methyl sites for hydroxylation is 2. The van der Waals surface area contributed by atoms with Gasteiger partial charge in [0.15, 0.2) is 0 Å².